The quantitative estimate of drug-likeness (QED) is 0.696. The monoisotopic (exact) mass is 185 g/mol. The minimum Gasteiger partial charge on any atom is -0.309 e. The van der Waals surface area contributed by atoms with E-state index < -0.39 is 11.6 Å². The van der Waals surface area contributed by atoms with Gasteiger partial charge in [0.15, 0.2) is 11.6 Å². The van der Waals surface area contributed by atoms with E-state index in [9.17, 15) is 8.78 Å². The first-order valence-electron chi connectivity index (χ1n) is 4.18. The molecule has 0 bridgehead atoms. The summed E-state index contributed by atoms with van der Waals surface area (Å²) in [5.74, 6) is -1.55. The summed E-state index contributed by atoms with van der Waals surface area (Å²) in [7, 11) is 3.89. The minimum absolute atomic E-state index is 0.740. The highest BCUT2D eigenvalue weighted by molar-refractivity contribution is 5.17. The molecule has 0 unspecified atom stereocenters. The molecular formula is C10H13F2N. The molecule has 0 fully saturated rings. The van der Waals surface area contributed by atoms with E-state index in [1.54, 1.807) is 6.07 Å². The minimum atomic E-state index is -0.784. The van der Waals surface area contributed by atoms with Gasteiger partial charge in [0.1, 0.15) is 0 Å². The van der Waals surface area contributed by atoms with Crippen molar-refractivity contribution in [1.82, 2.24) is 4.90 Å². The second kappa shape index (κ2) is 4.33. The molecule has 0 N–H and O–H groups in total. The summed E-state index contributed by atoms with van der Waals surface area (Å²) in [6.45, 7) is 0.838. The summed E-state index contributed by atoms with van der Waals surface area (Å²) in [6.07, 6.45) is 0.740. The van der Waals surface area contributed by atoms with Crippen LogP contribution in [0, 0.1) is 11.6 Å². The summed E-state index contributed by atoms with van der Waals surface area (Å²) in [4.78, 5) is 2.00. The molecule has 0 radical (unpaired) electrons. The van der Waals surface area contributed by atoms with Crippen LogP contribution in [-0.2, 0) is 6.42 Å². The fraction of sp³-hybridized carbons (Fsp3) is 0.400. The van der Waals surface area contributed by atoms with Crippen LogP contribution in [0.25, 0.3) is 0 Å². The Bertz CT molecular complexity index is 284. The van der Waals surface area contributed by atoms with Crippen LogP contribution >= 0.6 is 0 Å². The van der Waals surface area contributed by atoms with Gasteiger partial charge >= 0.3 is 0 Å². The van der Waals surface area contributed by atoms with Gasteiger partial charge in [0, 0.05) is 6.54 Å². The van der Waals surface area contributed by atoms with E-state index in [-0.39, 0.29) is 0 Å². The molecule has 0 saturated heterocycles. The molecule has 0 atom stereocenters. The molecule has 72 valence electrons. The van der Waals surface area contributed by atoms with Crippen molar-refractivity contribution in [1.29, 1.82) is 0 Å². The zero-order valence-corrected chi connectivity index (χ0v) is 7.85. The maximum absolute atomic E-state index is 12.7. The van der Waals surface area contributed by atoms with Crippen molar-refractivity contribution >= 4 is 0 Å². The van der Waals surface area contributed by atoms with Crippen LogP contribution in [0.4, 0.5) is 8.78 Å². The fourth-order valence-corrected chi connectivity index (χ4v) is 1.05. The maximum atomic E-state index is 12.7. The standard InChI is InChI=1S/C10H13F2N/c1-13(2)6-5-8-3-4-9(11)10(12)7-8/h3-4,7H,5-6H2,1-2H3. The van der Waals surface area contributed by atoms with Gasteiger partial charge in [-0.3, -0.25) is 0 Å². The Hall–Kier alpha value is -0.960. The van der Waals surface area contributed by atoms with Crippen molar-refractivity contribution in [2.24, 2.45) is 0 Å². The average molecular weight is 185 g/mol. The van der Waals surface area contributed by atoms with Crippen LogP contribution in [0.1, 0.15) is 5.56 Å². The van der Waals surface area contributed by atoms with E-state index in [4.69, 9.17) is 0 Å². The van der Waals surface area contributed by atoms with Crippen LogP contribution in [0.15, 0.2) is 18.2 Å². The summed E-state index contributed by atoms with van der Waals surface area (Å²) in [6, 6.07) is 4.03. The van der Waals surface area contributed by atoms with Crippen LogP contribution in [0.5, 0.6) is 0 Å². The van der Waals surface area contributed by atoms with Crippen LogP contribution in [0.2, 0.25) is 0 Å². The van der Waals surface area contributed by atoms with Gasteiger partial charge < -0.3 is 4.90 Å². The number of hydrogen-bond donors (Lipinski definition) is 0. The van der Waals surface area contributed by atoms with Gasteiger partial charge in [-0.05, 0) is 38.2 Å². The van der Waals surface area contributed by atoms with Gasteiger partial charge in [0.25, 0.3) is 0 Å². The third-order valence-corrected chi connectivity index (χ3v) is 1.83. The van der Waals surface area contributed by atoms with Gasteiger partial charge in [-0.1, -0.05) is 6.07 Å². The molecule has 0 saturated carbocycles. The third kappa shape index (κ3) is 3.11. The van der Waals surface area contributed by atoms with Crippen molar-refractivity contribution in [2.45, 2.75) is 6.42 Å². The number of hydrogen-bond acceptors (Lipinski definition) is 1. The lowest BCUT2D eigenvalue weighted by molar-refractivity contribution is 0.412. The summed E-state index contributed by atoms with van der Waals surface area (Å²) < 4.78 is 25.2. The first-order chi connectivity index (χ1) is 6.09. The van der Waals surface area contributed by atoms with Gasteiger partial charge in [-0.25, -0.2) is 8.78 Å². The number of rotatable bonds is 3. The highest BCUT2D eigenvalue weighted by atomic mass is 19.2. The molecule has 1 aromatic rings. The molecule has 1 rings (SSSR count). The number of likely N-dealkylation sites (N-methyl/N-ethyl adjacent to an activating group) is 1. The predicted molar refractivity (Wildman–Crippen MR) is 48.6 cm³/mol. The van der Waals surface area contributed by atoms with Crippen molar-refractivity contribution in [3.63, 3.8) is 0 Å². The van der Waals surface area contributed by atoms with E-state index in [0.29, 0.717) is 0 Å². The van der Waals surface area contributed by atoms with Crippen molar-refractivity contribution < 1.29 is 8.78 Å². The molecular weight excluding hydrogens is 172 g/mol. The van der Waals surface area contributed by atoms with Gasteiger partial charge in [0.05, 0.1) is 0 Å². The van der Waals surface area contributed by atoms with E-state index in [0.717, 1.165) is 18.5 Å². The Morgan fingerprint density at radius 2 is 1.85 bits per heavy atom. The summed E-state index contributed by atoms with van der Waals surface area (Å²) in [5.41, 5.74) is 0.826. The van der Waals surface area contributed by atoms with Gasteiger partial charge in [0.2, 0.25) is 0 Å². The molecule has 0 aliphatic carbocycles. The molecule has 0 spiro atoms. The average Bonchev–Trinajstić information content (AvgIpc) is 2.07. The molecule has 1 nitrogen and oxygen atoms in total. The van der Waals surface area contributed by atoms with Crippen molar-refractivity contribution in [2.75, 3.05) is 20.6 Å². The zero-order valence-electron chi connectivity index (χ0n) is 7.85. The first kappa shape index (κ1) is 10.1. The normalized spacial score (nSPS) is 10.8. The van der Waals surface area contributed by atoms with Crippen molar-refractivity contribution in [3.8, 4) is 0 Å². The highest BCUT2D eigenvalue weighted by Crippen LogP contribution is 2.09. The Morgan fingerprint density at radius 3 is 2.38 bits per heavy atom. The summed E-state index contributed by atoms with van der Waals surface area (Å²) in [5, 5.41) is 0. The van der Waals surface area contributed by atoms with Crippen LogP contribution in [0.3, 0.4) is 0 Å². The third-order valence-electron chi connectivity index (χ3n) is 1.83. The van der Waals surface area contributed by atoms with E-state index in [1.807, 2.05) is 19.0 Å². The predicted octanol–water partition coefficient (Wildman–Crippen LogP) is 2.07. The molecule has 0 heterocycles. The smallest absolute Gasteiger partial charge is 0.159 e. The Labute approximate surface area is 77.0 Å². The molecule has 0 aromatic heterocycles. The van der Waals surface area contributed by atoms with E-state index >= 15 is 0 Å². The number of halogens is 2. The summed E-state index contributed by atoms with van der Waals surface area (Å²) >= 11 is 0. The first-order valence-corrected chi connectivity index (χ1v) is 4.18. The molecule has 0 aliphatic heterocycles. The second-order valence-corrected chi connectivity index (χ2v) is 3.30. The Morgan fingerprint density at radius 1 is 1.15 bits per heavy atom. The highest BCUT2D eigenvalue weighted by Gasteiger charge is 2.02. The lowest BCUT2D eigenvalue weighted by Crippen LogP contribution is -2.15. The number of benzene rings is 1. The topological polar surface area (TPSA) is 3.24 Å². The van der Waals surface area contributed by atoms with E-state index in [2.05, 4.69) is 0 Å². The van der Waals surface area contributed by atoms with Crippen LogP contribution in [-0.4, -0.2) is 25.5 Å². The Balaban J connectivity index is 2.63. The maximum Gasteiger partial charge on any atom is 0.159 e. The van der Waals surface area contributed by atoms with Crippen molar-refractivity contribution in [3.05, 3.63) is 35.4 Å². The SMILES string of the molecule is CN(C)CCc1ccc(F)c(F)c1. The molecule has 13 heavy (non-hydrogen) atoms. The lowest BCUT2D eigenvalue weighted by atomic mass is 10.1. The largest absolute Gasteiger partial charge is 0.309 e. The molecule has 1 aromatic carbocycles. The lowest BCUT2D eigenvalue weighted by Gasteiger charge is -2.08. The van der Waals surface area contributed by atoms with E-state index in [1.165, 1.54) is 12.1 Å². The zero-order chi connectivity index (χ0) is 9.84. The molecule has 0 aliphatic rings. The number of nitrogens with zero attached hydrogens (tertiary/aromatic N) is 1. The van der Waals surface area contributed by atoms with Gasteiger partial charge in [-0.2, -0.15) is 0 Å². The fourth-order valence-electron chi connectivity index (χ4n) is 1.05. The second-order valence-electron chi connectivity index (χ2n) is 3.30. The molecule has 0 amide bonds. The molecule has 3 heteroatoms. The van der Waals surface area contributed by atoms with Gasteiger partial charge in [-0.15, -0.1) is 0 Å². The Kier molecular flexibility index (Phi) is 3.37. The van der Waals surface area contributed by atoms with Crippen LogP contribution < -0.4 is 0 Å².